The average molecular weight is 282 g/mol. The topological polar surface area (TPSA) is 65.1 Å². The van der Waals surface area contributed by atoms with Crippen LogP contribution in [0.25, 0.3) is 0 Å². The average Bonchev–Trinajstić information content (AvgIpc) is 2.27. The molecular formula is C8H12BrNO5. The number of rotatable bonds is 4. The molecule has 0 aliphatic carbocycles. The van der Waals surface area contributed by atoms with Gasteiger partial charge in [0.25, 0.3) is 0 Å². The summed E-state index contributed by atoms with van der Waals surface area (Å²) in [6.45, 7) is 1.79. The van der Waals surface area contributed by atoms with Crippen molar-refractivity contribution >= 4 is 27.9 Å². The Morgan fingerprint density at radius 1 is 1.27 bits per heavy atom. The first-order valence-electron chi connectivity index (χ1n) is 4.47. The van der Waals surface area contributed by atoms with Crippen LogP contribution in [0.15, 0.2) is 0 Å². The van der Waals surface area contributed by atoms with Crippen molar-refractivity contribution in [2.24, 2.45) is 0 Å². The standard InChI is InChI=1S/C8H12BrNO5/c9-5-7(11)14-6-8(12)15-10-1-3-13-4-2-10/h1-6H2. The predicted molar refractivity (Wildman–Crippen MR) is 53.2 cm³/mol. The third-order valence-corrected chi connectivity index (χ3v) is 2.12. The number of nitrogens with zero attached hydrogens (tertiary/aromatic N) is 1. The quantitative estimate of drug-likeness (QED) is 0.522. The summed E-state index contributed by atoms with van der Waals surface area (Å²) in [4.78, 5) is 26.7. The van der Waals surface area contributed by atoms with Crippen LogP contribution in [0.3, 0.4) is 0 Å². The van der Waals surface area contributed by atoms with Gasteiger partial charge in [0.05, 0.1) is 26.3 Å². The molecule has 0 unspecified atom stereocenters. The van der Waals surface area contributed by atoms with E-state index in [4.69, 9.17) is 9.57 Å². The zero-order chi connectivity index (χ0) is 11.1. The summed E-state index contributed by atoms with van der Waals surface area (Å²) < 4.78 is 9.65. The molecule has 1 rings (SSSR count). The van der Waals surface area contributed by atoms with Crippen LogP contribution in [0.1, 0.15) is 0 Å². The normalized spacial score (nSPS) is 17.1. The van der Waals surface area contributed by atoms with E-state index in [1.165, 1.54) is 5.06 Å². The molecule has 0 amide bonds. The number of esters is 1. The Balaban J connectivity index is 2.14. The number of carbonyl (C=O) groups is 2. The van der Waals surface area contributed by atoms with Crippen LogP contribution in [0.5, 0.6) is 0 Å². The van der Waals surface area contributed by atoms with Gasteiger partial charge in [0, 0.05) is 0 Å². The molecule has 0 atom stereocenters. The molecule has 15 heavy (non-hydrogen) atoms. The first-order valence-corrected chi connectivity index (χ1v) is 5.59. The molecular weight excluding hydrogens is 270 g/mol. The van der Waals surface area contributed by atoms with Crippen LogP contribution in [0.2, 0.25) is 0 Å². The third-order valence-electron chi connectivity index (χ3n) is 1.66. The summed E-state index contributed by atoms with van der Waals surface area (Å²) in [5.41, 5.74) is 0. The summed E-state index contributed by atoms with van der Waals surface area (Å²) in [5, 5.41) is 1.56. The van der Waals surface area contributed by atoms with Crippen LogP contribution < -0.4 is 0 Å². The van der Waals surface area contributed by atoms with Gasteiger partial charge in [-0.25, -0.2) is 4.79 Å². The van der Waals surface area contributed by atoms with Crippen molar-refractivity contribution in [3.8, 4) is 0 Å². The van der Waals surface area contributed by atoms with Gasteiger partial charge in [0.2, 0.25) is 0 Å². The number of carbonyl (C=O) groups excluding carboxylic acids is 2. The molecule has 0 saturated carbocycles. The van der Waals surface area contributed by atoms with E-state index in [0.29, 0.717) is 26.3 Å². The number of morpholine rings is 1. The molecule has 1 saturated heterocycles. The monoisotopic (exact) mass is 281 g/mol. The number of ether oxygens (including phenoxy) is 2. The van der Waals surface area contributed by atoms with Crippen molar-refractivity contribution in [2.75, 3.05) is 38.2 Å². The maximum Gasteiger partial charge on any atom is 0.363 e. The summed E-state index contributed by atoms with van der Waals surface area (Å²) in [5.74, 6) is -1.07. The Kier molecular flexibility index (Phi) is 5.59. The Morgan fingerprint density at radius 2 is 1.93 bits per heavy atom. The van der Waals surface area contributed by atoms with Crippen molar-refractivity contribution in [3.63, 3.8) is 0 Å². The molecule has 1 aliphatic heterocycles. The smallest absolute Gasteiger partial charge is 0.363 e. The maximum absolute atomic E-state index is 11.1. The van der Waals surface area contributed by atoms with E-state index in [2.05, 4.69) is 20.7 Å². The highest BCUT2D eigenvalue weighted by Crippen LogP contribution is 1.98. The Bertz CT molecular complexity index is 229. The van der Waals surface area contributed by atoms with Gasteiger partial charge in [0.1, 0.15) is 5.33 Å². The molecule has 0 aromatic rings. The Labute approximate surface area is 95.5 Å². The van der Waals surface area contributed by atoms with Gasteiger partial charge in [-0.05, 0) is 0 Å². The Hall–Kier alpha value is -0.660. The molecule has 0 N–H and O–H groups in total. The highest BCUT2D eigenvalue weighted by atomic mass is 79.9. The Morgan fingerprint density at radius 3 is 2.53 bits per heavy atom. The van der Waals surface area contributed by atoms with E-state index in [1.54, 1.807) is 0 Å². The summed E-state index contributed by atoms with van der Waals surface area (Å²) in [6.07, 6.45) is 0. The van der Waals surface area contributed by atoms with Crippen molar-refractivity contribution in [1.29, 1.82) is 0 Å². The number of halogens is 1. The summed E-state index contributed by atoms with van der Waals surface area (Å²) >= 11 is 2.91. The van der Waals surface area contributed by atoms with Gasteiger partial charge in [0.15, 0.2) is 6.61 Å². The molecule has 7 heteroatoms. The van der Waals surface area contributed by atoms with Crippen LogP contribution in [-0.2, 0) is 23.9 Å². The molecule has 1 fully saturated rings. The fourth-order valence-corrected chi connectivity index (χ4v) is 1.15. The maximum atomic E-state index is 11.1. The number of hydrogen-bond acceptors (Lipinski definition) is 6. The van der Waals surface area contributed by atoms with Crippen LogP contribution >= 0.6 is 15.9 Å². The minimum atomic E-state index is -0.578. The molecule has 6 nitrogen and oxygen atoms in total. The van der Waals surface area contributed by atoms with E-state index >= 15 is 0 Å². The lowest BCUT2D eigenvalue weighted by atomic mass is 10.5. The summed E-state index contributed by atoms with van der Waals surface area (Å²) in [7, 11) is 0. The van der Waals surface area contributed by atoms with E-state index in [1.807, 2.05) is 0 Å². The largest absolute Gasteiger partial charge is 0.453 e. The molecule has 0 radical (unpaired) electrons. The summed E-state index contributed by atoms with van der Waals surface area (Å²) in [6, 6.07) is 0. The molecule has 0 spiro atoms. The SMILES string of the molecule is O=C(CBr)OCC(=O)ON1CCOCC1. The zero-order valence-corrected chi connectivity index (χ0v) is 9.70. The fourth-order valence-electron chi connectivity index (χ4n) is 0.986. The third kappa shape index (κ3) is 5.10. The van der Waals surface area contributed by atoms with Gasteiger partial charge in [-0.2, -0.15) is 0 Å². The van der Waals surface area contributed by atoms with Crippen molar-refractivity contribution in [1.82, 2.24) is 5.06 Å². The van der Waals surface area contributed by atoms with Gasteiger partial charge in [-0.1, -0.05) is 15.9 Å². The molecule has 0 bridgehead atoms. The van der Waals surface area contributed by atoms with Crippen molar-refractivity contribution in [2.45, 2.75) is 0 Å². The van der Waals surface area contributed by atoms with Gasteiger partial charge in [-0.3, -0.25) is 4.79 Å². The lowest BCUT2D eigenvalue weighted by Gasteiger charge is -2.24. The molecule has 1 heterocycles. The van der Waals surface area contributed by atoms with Crippen LogP contribution in [0.4, 0.5) is 0 Å². The molecule has 86 valence electrons. The molecule has 0 aromatic carbocycles. The van der Waals surface area contributed by atoms with Gasteiger partial charge < -0.3 is 14.3 Å². The van der Waals surface area contributed by atoms with Crippen LogP contribution in [-0.4, -0.2) is 55.2 Å². The van der Waals surface area contributed by atoms with Gasteiger partial charge >= 0.3 is 11.9 Å². The zero-order valence-electron chi connectivity index (χ0n) is 8.11. The predicted octanol–water partition coefficient (Wildman–Crippen LogP) is -0.285. The second-order valence-corrected chi connectivity index (χ2v) is 3.36. The van der Waals surface area contributed by atoms with E-state index in [0.717, 1.165) is 0 Å². The minimum Gasteiger partial charge on any atom is -0.453 e. The highest BCUT2D eigenvalue weighted by molar-refractivity contribution is 9.09. The van der Waals surface area contributed by atoms with Crippen LogP contribution in [0, 0.1) is 0 Å². The highest BCUT2D eigenvalue weighted by Gasteiger charge is 2.16. The number of hydrogen-bond donors (Lipinski definition) is 0. The minimum absolute atomic E-state index is 0.0673. The number of alkyl halides is 1. The second kappa shape index (κ2) is 6.76. The first kappa shape index (κ1) is 12.4. The first-order chi connectivity index (χ1) is 7.22. The van der Waals surface area contributed by atoms with Gasteiger partial charge in [-0.15, -0.1) is 5.06 Å². The lowest BCUT2D eigenvalue weighted by Crippen LogP contribution is -2.38. The fraction of sp³-hybridized carbons (Fsp3) is 0.750. The van der Waals surface area contributed by atoms with E-state index in [-0.39, 0.29) is 11.9 Å². The van der Waals surface area contributed by atoms with E-state index < -0.39 is 11.9 Å². The van der Waals surface area contributed by atoms with Crippen molar-refractivity contribution in [3.05, 3.63) is 0 Å². The molecule has 0 aromatic heterocycles. The van der Waals surface area contributed by atoms with E-state index in [9.17, 15) is 9.59 Å². The van der Waals surface area contributed by atoms with Crippen molar-refractivity contribution < 1.29 is 23.9 Å². The number of hydroxylamine groups is 2. The lowest BCUT2D eigenvalue weighted by molar-refractivity contribution is -0.209. The molecule has 1 aliphatic rings. The second-order valence-electron chi connectivity index (χ2n) is 2.80.